The van der Waals surface area contributed by atoms with Crippen molar-refractivity contribution in [1.82, 2.24) is 9.97 Å². The molecule has 0 bridgehead atoms. The fourth-order valence-corrected chi connectivity index (χ4v) is 2.33. The molecular weight excluding hydrogens is 262 g/mol. The molecule has 2 aromatic carbocycles. The van der Waals surface area contributed by atoms with Gasteiger partial charge < -0.3 is 10.5 Å². The molecule has 0 aliphatic heterocycles. The minimum atomic E-state index is -0.211. The molecule has 3 aromatic rings. The van der Waals surface area contributed by atoms with Gasteiger partial charge in [0.15, 0.2) is 0 Å². The fourth-order valence-electron chi connectivity index (χ4n) is 2.33. The van der Waals surface area contributed by atoms with Crippen LogP contribution < -0.4 is 10.5 Å². The minimum Gasteiger partial charge on any atom is -0.494 e. The smallest absolute Gasteiger partial charge is 0.119 e. The van der Waals surface area contributed by atoms with Crippen molar-refractivity contribution in [2.24, 2.45) is 5.73 Å². The molecule has 0 radical (unpaired) electrons. The molecule has 0 fully saturated rings. The topological polar surface area (TPSA) is 61.0 Å². The van der Waals surface area contributed by atoms with Gasteiger partial charge in [-0.05, 0) is 42.3 Å². The lowest BCUT2D eigenvalue weighted by atomic mass is 9.99. The van der Waals surface area contributed by atoms with Crippen molar-refractivity contribution in [3.05, 3.63) is 66.0 Å². The van der Waals surface area contributed by atoms with Gasteiger partial charge in [-0.1, -0.05) is 18.2 Å². The van der Waals surface area contributed by atoms with Crippen LogP contribution in [-0.4, -0.2) is 16.6 Å². The van der Waals surface area contributed by atoms with Crippen LogP contribution in [-0.2, 0) is 0 Å². The Morgan fingerprint density at radius 1 is 1.00 bits per heavy atom. The van der Waals surface area contributed by atoms with E-state index in [1.165, 1.54) is 0 Å². The van der Waals surface area contributed by atoms with E-state index in [1.54, 1.807) is 12.4 Å². The van der Waals surface area contributed by atoms with Crippen molar-refractivity contribution in [1.29, 1.82) is 0 Å². The molecule has 0 aliphatic carbocycles. The van der Waals surface area contributed by atoms with Crippen LogP contribution in [0, 0.1) is 0 Å². The lowest BCUT2D eigenvalue weighted by molar-refractivity contribution is 0.340. The van der Waals surface area contributed by atoms with Gasteiger partial charge in [0.25, 0.3) is 0 Å². The highest BCUT2D eigenvalue weighted by molar-refractivity contribution is 5.74. The van der Waals surface area contributed by atoms with E-state index < -0.39 is 0 Å². The molecule has 1 unspecified atom stereocenters. The van der Waals surface area contributed by atoms with Gasteiger partial charge in [0.2, 0.25) is 0 Å². The van der Waals surface area contributed by atoms with Gasteiger partial charge in [-0.2, -0.15) is 0 Å². The molecule has 0 aliphatic rings. The van der Waals surface area contributed by atoms with Crippen molar-refractivity contribution in [2.75, 3.05) is 6.61 Å². The van der Waals surface area contributed by atoms with E-state index in [2.05, 4.69) is 9.97 Å². The van der Waals surface area contributed by atoms with Crippen LogP contribution in [0.1, 0.15) is 24.1 Å². The average Bonchev–Trinajstić information content (AvgIpc) is 2.54. The van der Waals surface area contributed by atoms with Crippen LogP contribution in [0.3, 0.4) is 0 Å². The molecule has 0 saturated heterocycles. The lowest BCUT2D eigenvalue weighted by Gasteiger charge is -2.14. The maximum Gasteiger partial charge on any atom is 0.119 e. The first-order valence-corrected chi connectivity index (χ1v) is 6.97. The highest BCUT2D eigenvalue weighted by atomic mass is 16.5. The highest BCUT2D eigenvalue weighted by Crippen LogP contribution is 2.25. The van der Waals surface area contributed by atoms with Gasteiger partial charge in [0.1, 0.15) is 5.75 Å². The first-order chi connectivity index (χ1) is 10.3. The zero-order valence-corrected chi connectivity index (χ0v) is 11.9. The normalized spacial score (nSPS) is 12.3. The predicted octanol–water partition coefficient (Wildman–Crippen LogP) is 3.08. The van der Waals surface area contributed by atoms with Crippen LogP contribution >= 0.6 is 0 Å². The van der Waals surface area contributed by atoms with Gasteiger partial charge in [-0.15, -0.1) is 0 Å². The van der Waals surface area contributed by atoms with Crippen LogP contribution in [0.25, 0.3) is 11.0 Å². The number of aromatic nitrogens is 2. The number of benzene rings is 2. The molecule has 4 heteroatoms. The lowest BCUT2D eigenvalue weighted by Crippen LogP contribution is -2.12. The van der Waals surface area contributed by atoms with Crippen LogP contribution in [0.15, 0.2) is 54.9 Å². The molecule has 21 heavy (non-hydrogen) atoms. The van der Waals surface area contributed by atoms with Crippen molar-refractivity contribution < 1.29 is 4.74 Å². The number of fused-ring (bicyclic) bond motifs is 1. The monoisotopic (exact) mass is 279 g/mol. The van der Waals surface area contributed by atoms with Crippen molar-refractivity contribution in [3.63, 3.8) is 0 Å². The summed E-state index contributed by atoms with van der Waals surface area (Å²) in [5, 5.41) is 0. The molecule has 2 N–H and O–H groups in total. The van der Waals surface area contributed by atoms with Crippen molar-refractivity contribution >= 4 is 11.0 Å². The number of nitrogens with zero attached hydrogens (tertiary/aromatic N) is 2. The van der Waals surface area contributed by atoms with Gasteiger partial charge in [-0.3, -0.25) is 9.97 Å². The zero-order chi connectivity index (χ0) is 14.7. The second-order valence-corrected chi connectivity index (χ2v) is 4.79. The molecule has 106 valence electrons. The summed E-state index contributed by atoms with van der Waals surface area (Å²) < 4.78 is 5.52. The average molecular weight is 279 g/mol. The Bertz CT molecular complexity index is 758. The van der Waals surface area contributed by atoms with E-state index in [0.29, 0.717) is 6.61 Å². The summed E-state index contributed by atoms with van der Waals surface area (Å²) in [5.41, 5.74) is 10.1. The number of ether oxygens (including phenoxy) is 1. The van der Waals surface area contributed by atoms with Crippen molar-refractivity contribution in [3.8, 4) is 5.75 Å². The van der Waals surface area contributed by atoms with Crippen molar-refractivity contribution in [2.45, 2.75) is 13.0 Å². The number of nitrogens with two attached hydrogens (primary N) is 1. The molecule has 1 heterocycles. The van der Waals surface area contributed by atoms with Crippen LogP contribution in [0.2, 0.25) is 0 Å². The highest BCUT2D eigenvalue weighted by Gasteiger charge is 2.11. The summed E-state index contributed by atoms with van der Waals surface area (Å²) in [6, 6.07) is 13.6. The second kappa shape index (κ2) is 5.89. The summed E-state index contributed by atoms with van der Waals surface area (Å²) in [4.78, 5) is 8.59. The Balaban J connectivity index is 1.95. The molecule has 0 spiro atoms. The Kier molecular flexibility index (Phi) is 3.79. The largest absolute Gasteiger partial charge is 0.494 e. The maximum atomic E-state index is 6.37. The summed E-state index contributed by atoms with van der Waals surface area (Å²) in [5.74, 6) is 0.839. The minimum absolute atomic E-state index is 0.211. The van der Waals surface area contributed by atoms with E-state index in [0.717, 1.165) is 27.9 Å². The Hall–Kier alpha value is -2.46. The third kappa shape index (κ3) is 2.85. The number of hydrogen-bond acceptors (Lipinski definition) is 4. The van der Waals surface area contributed by atoms with E-state index in [1.807, 2.05) is 49.4 Å². The third-order valence-corrected chi connectivity index (χ3v) is 3.38. The number of hydrogen-bond donors (Lipinski definition) is 1. The predicted molar refractivity (Wildman–Crippen MR) is 83.2 cm³/mol. The first-order valence-electron chi connectivity index (χ1n) is 6.97. The van der Waals surface area contributed by atoms with E-state index in [4.69, 9.17) is 10.5 Å². The summed E-state index contributed by atoms with van der Waals surface area (Å²) in [7, 11) is 0. The molecule has 1 aromatic heterocycles. The standard InChI is InChI=1S/C17H17N3O/c1-2-21-14-5-3-4-12(10-14)17(18)13-6-7-15-16(11-13)20-9-8-19-15/h3-11,17H,2,18H2,1H3. The van der Waals surface area contributed by atoms with Crippen LogP contribution in [0.4, 0.5) is 0 Å². The maximum absolute atomic E-state index is 6.37. The fraction of sp³-hybridized carbons (Fsp3) is 0.176. The molecule has 3 rings (SSSR count). The van der Waals surface area contributed by atoms with Gasteiger partial charge >= 0.3 is 0 Å². The molecule has 0 saturated carbocycles. The SMILES string of the molecule is CCOc1cccc(C(N)c2ccc3nccnc3c2)c1. The molecule has 4 nitrogen and oxygen atoms in total. The van der Waals surface area contributed by atoms with E-state index in [-0.39, 0.29) is 6.04 Å². The number of rotatable bonds is 4. The Morgan fingerprint density at radius 2 is 1.76 bits per heavy atom. The van der Waals surface area contributed by atoms with Gasteiger partial charge in [-0.25, -0.2) is 0 Å². The molecule has 0 amide bonds. The zero-order valence-electron chi connectivity index (χ0n) is 11.9. The summed E-state index contributed by atoms with van der Waals surface area (Å²) in [6.07, 6.45) is 3.38. The first kappa shape index (κ1) is 13.5. The summed E-state index contributed by atoms with van der Waals surface area (Å²) >= 11 is 0. The van der Waals surface area contributed by atoms with E-state index in [9.17, 15) is 0 Å². The van der Waals surface area contributed by atoms with Gasteiger partial charge in [0.05, 0.1) is 23.7 Å². The third-order valence-electron chi connectivity index (χ3n) is 3.38. The second-order valence-electron chi connectivity index (χ2n) is 4.79. The summed E-state index contributed by atoms with van der Waals surface area (Å²) in [6.45, 7) is 2.61. The Morgan fingerprint density at radius 3 is 2.57 bits per heavy atom. The molecule has 1 atom stereocenters. The van der Waals surface area contributed by atoms with Crippen LogP contribution in [0.5, 0.6) is 5.75 Å². The van der Waals surface area contributed by atoms with Gasteiger partial charge in [0, 0.05) is 12.4 Å². The van der Waals surface area contributed by atoms with E-state index >= 15 is 0 Å². The quantitative estimate of drug-likeness (QED) is 0.797. The molecular formula is C17H17N3O. The Labute approximate surface area is 123 Å².